The molecule has 2 aromatic rings. The minimum Gasteiger partial charge on any atom is -0.539 e. The highest BCUT2D eigenvalue weighted by atomic mass is 28.4. The Kier molecular flexibility index (Phi) is 6.08. The van der Waals surface area contributed by atoms with Crippen molar-refractivity contribution in [1.82, 2.24) is 4.98 Å². The Morgan fingerprint density at radius 2 is 1.69 bits per heavy atom. The Balaban J connectivity index is 2.40. The van der Waals surface area contributed by atoms with Gasteiger partial charge < -0.3 is 13.9 Å². The van der Waals surface area contributed by atoms with E-state index in [0.29, 0.717) is 17.2 Å². The molecular formula is C20H28N2O3Si. The van der Waals surface area contributed by atoms with Crippen molar-refractivity contribution < 1.29 is 13.9 Å². The van der Waals surface area contributed by atoms with Crippen LogP contribution in [-0.4, -0.2) is 33.7 Å². The average molecular weight is 373 g/mol. The van der Waals surface area contributed by atoms with E-state index in [1.165, 1.54) is 0 Å². The van der Waals surface area contributed by atoms with Crippen LogP contribution in [0.15, 0.2) is 41.7 Å². The first-order valence-corrected chi connectivity index (χ1v) is 11.5. The number of rotatable bonds is 6. The Bertz CT molecular complexity index is 743. The number of benzene rings is 1. The molecule has 0 radical (unpaired) electrons. The number of hydrogen-bond acceptors (Lipinski definition) is 5. The van der Waals surface area contributed by atoms with Crippen molar-refractivity contribution in [2.45, 2.75) is 38.9 Å². The molecule has 0 spiro atoms. The zero-order valence-corrected chi connectivity index (χ0v) is 17.7. The van der Waals surface area contributed by atoms with E-state index >= 15 is 0 Å². The number of ether oxygens (including phenoxy) is 2. The summed E-state index contributed by atoms with van der Waals surface area (Å²) in [6, 6.07) is 7.56. The van der Waals surface area contributed by atoms with Crippen LogP contribution in [0.5, 0.6) is 17.2 Å². The van der Waals surface area contributed by atoms with Gasteiger partial charge in [-0.3, -0.25) is 9.98 Å². The van der Waals surface area contributed by atoms with Gasteiger partial charge in [0.15, 0.2) is 17.2 Å². The van der Waals surface area contributed by atoms with Crippen molar-refractivity contribution in [2.24, 2.45) is 4.99 Å². The lowest BCUT2D eigenvalue weighted by atomic mass is 10.2. The Morgan fingerprint density at radius 3 is 2.15 bits per heavy atom. The van der Waals surface area contributed by atoms with Crippen molar-refractivity contribution in [1.29, 1.82) is 0 Å². The summed E-state index contributed by atoms with van der Waals surface area (Å²) in [6.07, 6.45) is 5.19. The topological polar surface area (TPSA) is 52.9 Å². The van der Waals surface area contributed by atoms with Crippen molar-refractivity contribution in [3.8, 4) is 17.2 Å². The number of nitrogens with zero attached hydrogens (tertiary/aromatic N) is 2. The van der Waals surface area contributed by atoms with Gasteiger partial charge in [-0.25, -0.2) is 0 Å². The molecule has 26 heavy (non-hydrogen) atoms. The van der Waals surface area contributed by atoms with E-state index in [1.807, 2.05) is 24.3 Å². The van der Waals surface area contributed by atoms with Crippen LogP contribution in [0.1, 0.15) is 26.3 Å². The molecule has 1 heterocycles. The molecule has 0 saturated heterocycles. The summed E-state index contributed by atoms with van der Waals surface area (Å²) in [7, 11) is 1.24. The fourth-order valence-corrected chi connectivity index (χ4v) is 3.08. The number of methoxy groups -OCH3 is 2. The summed E-state index contributed by atoms with van der Waals surface area (Å²) in [5.74, 6) is 1.93. The molecule has 1 aromatic carbocycles. The lowest BCUT2D eigenvalue weighted by molar-refractivity contribution is 0.354. The zero-order valence-electron chi connectivity index (χ0n) is 16.7. The van der Waals surface area contributed by atoms with E-state index in [-0.39, 0.29) is 5.04 Å². The fourth-order valence-electron chi connectivity index (χ4n) is 2.06. The largest absolute Gasteiger partial charge is 0.539 e. The van der Waals surface area contributed by atoms with Crippen LogP contribution in [0.2, 0.25) is 18.1 Å². The lowest BCUT2D eigenvalue weighted by Gasteiger charge is -2.37. The van der Waals surface area contributed by atoms with Gasteiger partial charge in [0.05, 0.1) is 26.1 Å². The molecule has 2 rings (SSSR count). The first kappa shape index (κ1) is 20.0. The first-order valence-electron chi connectivity index (χ1n) is 8.57. The van der Waals surface area contributed by atoms with Crippen molar-refractivity contribution >= 4 is 20.2 Å². The average Bonchev–Trinajstić information content (AvgIpc) is 2.60. The number of aromatic nitrogens is 1. The van der Waals surface area contributed by atoms with Crippen LogP contribution < -0.4 is 13.9 Å². The maximum absolute atomic E-state index is 6.46. The minimum absolute atomic E-state index is 0.0729. The Morgan fingerprint density at radius 1 is 1.08 bits per heavy atom. The third kappa shape index (κ3) is 4.63. The summed E-state index contributed by atoms with van der Waals surface area (Å²) >= 11 is 0. The molecule has 0 amide bonds. The fraction of sp³-hybridized carbons (Fsp3) is 0.400. The predicted molar refractivity (Wildman–Crippen MR) is 109 cm³/mol. The molecule has 0 N–H and O–H groups in total. The number of hydrogen-bond donors (Lipinski definition) is 0. The van der Waals surface area contributed by atoms with Gasteiger partial charge in [0.1, 0.15) is 0 Å². The van der Waals surface area contributed by atoms with Crippen molar-refractivity contribution in [2.75, 3.05) is 14.2 Å². The maximum Gasteiger partial charge on any atom is 0.250 e. The molecular weight excluding hydrogens is 344 g/mol. The van der Waals surface area contributed by atoms with E-state index in [1.54, 1.807) is 32.8 Å². The van der Waals surface area contributed by atoms with E-state index in [9.17, 15) is 0 Å². The highest BCUT2D eigenvalue weighted by Gasteiger charge is 2.40. The molecule has 0 bridgehead atoms. The highest BCUT2D eigenvalue weighted by molar-refractivity contribution is 6.74. The summed E-state index contributed by atoms with van der Waals surface area (Å²) in [4.78, 5) is 8.50. The van der Waals surface area contributed by atoms with Gasteiger partial charge in [-0.2, -0.15) is 0 Å². The molecule has 140 valence electrons. The van der Waals surface area contributed by atoms with Gasteiger partial charge in [-0.15, -0.1) is 0 Å². The maximum atomic E-state index is 6.46. The van der Waals surface area contributed by atoms with E-state index < -0.39 is 8.32 Å². The second kappa shape index (κ2) is 7.91. The third-order valence-electron chi connectivity index (χ3n) is 4.65. The number of aliphatic imine (C=N–C) groups is 1. The van der Waals surface area contributed by atoms with Crippen molar-refractivity contribution in [3.63, 3.8) is 0 Å². The molecule has 0 saturated carbocycles. The Labute approximate surface area is 157 Å². The second-order valence-corrected chi connectivity index (χ2v) is 12.3. The SMILES string of the molecule is COc1cc(C=Nc2cccnc2)cc(OC)c1O[Si](C)(C)C(C)(C)C. The quantitative estimate of drug-likeness (QED) is 0.514. The third-order valence-corrected chi connectivity index (χ3v) is 8.98. The van der Waals surface area contributed by atoms with Gasteiger partial charge in [0, 0.05) is 18.0 Å². The van der Waals surface area contributed by atoms with Gasteiger partial charge in [0.25, 0.3) is 8.32 Å². The minimum atomic E-state index is -2.03. The molecule has 0 fully saturated rings. The molecule has 0 unspecified atom stereocenters. The monoisotopic (exact) mass is 372 g/mol. The van der Waals surface area contributed by atoms with Crippen LogP contribution in [0.3, 0.4) is 0 Å². The molecule has 0 atom stereocenters. The van der Waals surface area contributed by atoms with E-state index in [4.69, 9.17) is 13.9 Å². The van der Waals surface area contributed by atoms with Crippen LogP contribution in [0, 0.1) is 0 Å². The smallest absolute Gasteiger partial charge is 0.250 e. The van der Waals surface area contributed by atoms with Gasteiger partial charge in [-0.05, 0) is 42.4 Å². The van der Waals surface area contributed by atoms with E-state index in [0.717, 1.165) is 11.3 Å². The molecule has 5 nitrogen and oxygen atoms in total. The first-order chi connectivity index (χ1) is 12.2. The standard InChI is InChI=1S/C20H28N2O3Si/c1-20(2,3)26(6,7)25-19-17(23-4)11-15(12-18(19)24-5)13-22-16-9-8-10-21-14-16/h8-14H,1-7H3. The molecule has 1 aromatic heterocycles. The summed E-state index contributed by atoms with van der Waals surface area (Å²) < 4.78 is 17.6. The highest BCUT2D eigenvalue weighted by Crippen LogP contribution is 2.44. The Hall–Kier alpha value is -2.34. The van der Waals surface area contributed by atoms with Gasteiger partial charge in [0.2, 0.25) is 0 Å². The predicted octanol–water partition coefficient (Wildman–Crippen LogP) is 5.23. The number of pyridine rings is 1. The van der Waals surface area contributed by atoms with Crippen LogP contribution >= 0.6 is 0 Å². The van der Waals surface area contributed by atoms with Crippen LogP contribution in [0.25, 0.3) is 0 Å². The van der Waals surface area contributed by atoms with E-state index in [2.05, 4.69) is 43.8 Å². The molecule has 0 aliphatic heterocycles. The summed E-state index contributed by atoms with van der Waals surface area (Å²) in [5.41, 5.74) is 1.65. The van der Waals surface area contributed by atoms with Crippen LogP contribution in [-0.2, 0) is 0 Å². The van der Waals surface area contributed by atoms with Crippen molar-refractivity contribution in [3.05, 3.63) is 42.2 Å². The molecule has 0 aliphatic rings. The van der Waals surface area contributed by atoms with Gasteiger partial charge in [-0.1, -0.05) is 20.8 Å². The zero-order chi connectivity index (χ0) is 19.4. The van der Waals surface area contributed by atoms with Gasteiger partial charge >= 0.3 is 0 Å². The normalized spacial score (nSPS) is 12.3. The second-order valence-electron chi connectivity index (χ2n) is 7.59. The molecule has 6 heteroatoms. The summed E-state index contributed by atoms with van der Waals surface area (Å²) in [6.45, 7) is 11.0. The molecule has 0 aliphatic carbocycles. The van der Waals surface area contributed by atoms with Crippen LogP contribution in [0.4, 0.5) is 5.69 Å². The lowest BCUT2D eigenvalue weighted by Crippen LogP contribution is -2.44. The summed E-state index contributed by atoms with van der Waals surface area (Å²) in [5, 5.41) is 0.0729.